The van der Waals surface area contributed by atoms with Crippen molar-refractivity contribution in [3.63, 3.8) is 0 Å². The summed E-state index contributed by atoms with van der Waals surface area (Å²) in [6.07, 6.45) is 4.60. The maximum absolute atomic E-state index is 3.82. The number of benzene rings is 1. The van der Waals surface area contributed by atoms with Gasteiger partial charge in [0.15, 0.2) is 0 Å². The van der Waals surface area contributed by atoms with E-state index >= 15 is 0 Å². The lowest BCUT2D eigenvalue weighted by Gasteiger charge is -2.24. The molecular weight excluding hydrogens is 242 g/mol. The van der Waals surface area contributed by atoms with E-state index in [4.69, 9.17) is 0 Å². The number of hydrogen-bond acceptors (Lipinski definition) is 1. The number of fused-ring (bicyclic) bond motifs is 5. The van der Waals surface area contributed by atoms with Gasteiger partial charge < -0.3 is 5.32 Å². The van der Waals surface area contributed by atoms with Crippen molar-refractivity contribution in [3.8, 4) is 0 Å². The number of hydrogen-bond donors (Lipinski definition) is 1. The van der Waals surface area contributed by atoms with E-state index in [1.54, 1.807) is 12.0 Å². The molecule has 0 radical (unpaired) electrons. The molecule has 3 fully saturated rings. The Kier molecular flexibility index (Phi) is 2.96. The van der Waals surface area contributed by atoms with Crippen LogP contribution in [0, 0.1) is 43.4 Å². The molecule has 2 bridgehead atoms. The van der Waals surface area contributed by atoms with E-state index in [1.807, 2.05) is 0 Å². The first kappa shape index (κ1) is 12.9. The lowest BCUT2D eigenvalue weighted by Crippen LogP contribution is -2.26. The smallest absolute Gasteiger partial charge is 0.0356 e. The molecule has 1 aromatic carbocycles. The minimum atomic E-state index is 0.610. The summed E-state index contributed by atoms with van der Waals surface area (Å²) in [6.45, 7) is 7.83. The highest BCUT2D eigenvalue weighted by molar-refractivity contribution is 5.35. The Morgan fingerprint density at radius 1 is 1.15 bits per heavy atom. The second kappa shape index (κ2) is 4.59. The summed E-state index contributed by atoms with van der Waals surface area (Å²) >= 11 is 0. The second-order valence-electron chi connectivity index (χ2n) is 7.46. The van der Waals surface area contributed by atoms with E-state index in [-0.39, 0.29) is 0 Å². The monoisotopic (exact) mass is 269 g/mol. The van der Waals surface area contributed by atoms with Crippen molar-refractivity contribution >= 4 is 0 Å². The van der Waals surface area contributed by atoms with Gasteiger partial charge in [0.25, 0.3) is 0 Å². The van der Waals surface area contributed by atoms with Gasteiger partial charge in [-0.05, 0) is 80.4 Å². The first-order valence-corrected chi connectivity index (χ1v) is 8.51. The molecule has 4 rings (SSSR count). The third kappa shape index (κ3) is 1.79. The normalized spacial score (nSPS) is 38.9. The predicted molar refractivity (Wildman–Crippen MR) is 83.6 cm³/mol. The molecule has 0 saturated heterocycles. The molecule has 3 saturated carbocycles. The van der Waals surface area contributed by atoms with Crippen LogP contribution in [-0.2, 0) is 0 Å². The van der Waals surface area contributed by atoms with Gasteiger partial charge in [-0.15, -0.1) is 0 Å². The van der Waals surface area contributed by atoms with Crippen LogP contribution in [0.1, 0.15) is 48.9 Å². The molecule has 0 aliphatic heterocycles. The summed E-state index contributed by atoms with van der Waals surface area (Å²) in [4.78, 5) is 0. The van der Waals surface area contributed by atoms with Gasteiger partial charge in [-0.25, -0.2) is 0 Å². The van der Waals surface area contributed by atoms with Gasteiger partial charge in [0.1, 0.15) is 0 Å². The van der Waals surface area contributed by atoms with Gasteiger partial charge in [-0.2, -0.15) is 0 Å². The van der Waals surface area contributed by atoms with Crippen molar-refractivity contribution in [2.45, 2.75) is 46.1 Å². The fraction of sp³-hybridized carbons (Fsp3) is 0.684. The van der Waals surface area contributed by atoms with Crippen molar-refractivity contribution < 1.29 is 0 Å². The maximum atomic E-state index is 3.82. The number of rotatable bonds is 4. The SMILES string of the molecule is CCNC(c1ccc(C)cc1C)C1C2C3CCC(C3)C21. The summed E-state index contributed by atoms with van der Waals surface area (Å²) < 4.78 is 0. The Morgan fingerprint density at radius 3 is 2.45 bits per heavy atom. The second-order valence-corrected chi connectivity index (χ2v) is 7.46. The first-order valence-electron chi connectivity index (χ1n) is 8.51. The van der Waals surface area contributed by atoms with E-state index in [2.05, 4.69) is 44.3 Å². The Labute approximate surface area is 123 Å². The van der Waals surface area contributed by atoms with Crippen molar-refractivity contribution in [1.82, 2.24) is 5.32 Å². The molecule has 1 aromatic rings. The average Bonchev–Trinajstić information content (AvgIpc) is 2.84. The van der Waals surface area contributed by atoms with Crippen LogP contribution in [-0.4, -0.2) is 6.54 Å². The van der Waals surface area contributed by atoms with Gasteiger partial charge in [0, 0.05) is 6.04 Å². The molecule has 5 unspecified atom stereocenters. The molecule has 1 nitrogen and oxygen atoms in total. The molecule has 5 atom stereocenters. The highest BCUT2D eigenvalue weighted by Gasteiger charge is 2.66. The Balaban J connectivity index is 1.62. The molecule has 20 heavy (non-hydrogen) atoms. The zero-order valence-corrected chi connectivity index (χ0v) is 13.0. The highest BCUT2D eigenvalue weighted by Crippen LogP contribution is 2.72. The van der Waals surface area contributed by atoms with Crippen LogP contribution < -0.4 is 5.32 Å². The number of nitrogens with one attached hydrogen (secondary N) is 1. The molecule has 0 aromatic heterocycles. The molecule has 1 heteroatoms. The topological polar surface area (TPSA) is 12.0 Å². The third-order valence-electron chi connectivity index (χ3n) is 6.36. The van der Waals surface area contributed by atoms with Gasteiger partial charge in [0.05, 0.1) is 0 Å². The maximum Gasteiger partial charge on any atom is 0.0356 e. The van der Waals surface area contributed by atoms with E-state index in [9.17, 15) is 0 Å². The van der Waals surface area contributed by atoms with Crippen LogP contribution in [0.4, 0.5) is 0 Å². The summed E-state index contributed by atoms with van der Waals surface area (Å²) in [5, 5.41) is 3.82. The quantitative estimate of drug-likeness (QED) is 0.862. The van der Waals surface area contributed by atoms with Crippen LogP contribution in [0.25, 0.3) is 0 Å². The fourth-order valence-electron chi connectivity index (χ4n) is 5.69. The Hall–Kier alpha value is -0.820. The van der Waals surface area contributed by atoms with Crippen molar-refractivity contribution in [3.05, 3.63) is 34.9 Å². The predicted octanol–water partition coefficient (Wildman–Crippen LogP) is 4.25. The van der Waals surface area contributed by atoms with E-state index in [0.717, 1.165) is 36.1 Å². The number of aryl methyl sites for hydroxylation is 2. The molecule has 0 amide bonds. The third-order valence-corrected chi connectivity index (χ3v) is 6.36. The fourth-order valence-corrected chi connectivity index (χ4v) is 5.69. The average molecular weight is 269 g/mol. The Morgan fingerprint density at radius 2 is 1.85 bits per heavy atom. The van der Waals surface area contributed by atoms with Crippen molar-refractivity contribution in [1.29, 1.82) is 0 Å². The largest absolute Gasteiger partial charge is 0.310 e. The Bertz CT molecular complexity index is 504. The minimum absolute atomic E-state index is 0.610. The van der Waals surface area contributed by atoms with Crippen molar-refractivity contribution in [2.24, 2.45) is 29.6 Å². The van der Waals surface area contributed by atoms with Gasteiger partial charge in [0.2, 0.25) is 0 Å². The van der Waals surface area contributed by atoms with Gasteiger partial charge in [-0.1, -0.05) is 30.7 Å². The van der Waals surface area contributed by atoms with Crippen LogP contribution in [0.5, 0.6) is 0 Å². The van der Waals surface area contributed by atoms with Crippen LogP contribution in [0.15, 0.2) is 18.2 Å². The minimum Gasteiger partial charge on any atom is -0.310 e. The summed E-state index contributed by atoms with van der Waals surface area (Å²) in [5.41, 5.74) is 4.43. The summed E-state index contributed by atoms with van der Waals surface area (Å²) in [6, 6.07) is 7.64. The molecule has 108 valence electrons. The van der Waals surface area contributed by atoms with Gasteiger partial charge >= 0.3 is 0 Å². The standard InChI is InChI=1S/C19H27N/c1-4-20-19(15-8-5-11(2)9-12(15)3)18-16-13-6-7-14(10-13)17(16)18/h5,8-9,13-14,16-20H,4,6-7,10H2,1-3H3. The van der Waals surface area contributed by atoms with Crippen LogP contribution in [0.3, 0.4) is 0 Å². The molecule has 1 N–H and O–H groups in total. The van der Waals surface area contributed by atoms with Crippen LogP contribution in [0.2, 0.25) is 0 Å². The molecule has 0 heterocycles. The van der Waals surface area contributed by atoms with Crippen LogP contribution >= 0.6 is 0 Å². The zero-order valence-electron chi connectivity index (χ0n) is 13.0. The zero-order chi connectivity index (χ0) is 13.9. The van der Waals surface area contributed by atoms with E-state index in [0.29, 0.717) is 6.04 Å². The van der Waals surface area contributed by atoms with Crippen molar-refractivity contribution in [2.75, 3.05) is 6.54 Å². The highest BCUT2D eigenvalue weighted by atomic mass is 14.9. The first-order chi connectivity index (χ1) is 9.70. The molecule has 3 aliphatic carbocycles. The lowest BCUT2D eigenvalue weighted by atomic mass is 9.90. The molecule has 3 aliphatic rings. The summed E-state index contributed by atoms with van der Waals surface area (Å²) in [7, 11) is 0. The lowest BCUT2D eigenvalue weighted by molar-refractivity contribution is 0.374. The molecular formula is C19H27N. The molecule has 0 spiro atoms. The summed E-state index contributed by atoms with van der Waals surface area (Å²) in [5.74, 6) is 5.18. The van der Waals surface area contributed by atoms with Gasteiger partial charge in [-0.3, -0.25) is 0 Å². The van der Waals surface area contributed by atoms with E-state index in [1.165, 1.54) is 24.0 Å². The van der Waals surface area contributed by atoms with E-state index < -0.39 is 0 Å².